The third-order valence-corrected chi connectivity index (χ3v) is 3.41. The topological polar surface area (TPSA) is 64.3 Å². The first-order valence-electron chi connectivity index (χ1n) is 6.31. The summed E-state index contributed by atoms with van der Waals surface area (Å²) in [6.07, 6.45) is 2.65. The molecule has 18 heavy (non-hydrogen) atoms. The molecule has 4 nitrogen and oxygen atoms in total. The van der Waals surface area contributed by atoms with Crippen molar-refractivity contribution in [3.05, 3.63) is 35.9 Å². The molecule has 98 valence electrons. The largest absolute Gasteiger partial charge is 0.381 e. The molecule has 0 bridgehead atoms. The average Bonchev–Trinajstić information content (AvgIpc) is 2.34. The van der Waals surface area contributed by atoms with Gasteiger partial charge in [-0.3, -0.25) is 4.79 Å². The van der Waals surface area contributed by atoms with Crippen molar-refractivity contribution >= 4 is 5.91 Å². The molecule has 1 aromatic carbocycles. The van der Waals surface area contributed by atoms with Crippen molar-refractivity contribution in [3.63, 3.8) is 0 Å². The molecule has 0 heterocycles. The van der Waals surface area contributed by atoms with E-state index in [2.05, 4.69) is 5.32 Å². The van der Waals surface area contributed by atoms with Gasteiger partial charge in [-0.2, -0.15) is 0 Å². The fourth-order valence-corrected chi connectivity index (χ4v) is 2.14. The Morgan fingerprint density at radius 1 is 1.44 bits per heavy atom. The second kappa shape index (κ2) is 5.98. The summed E-state index contributed by atoms with van der Waals surface area (Å²) in [5, 5.41) is 2.96. The van der Waals surface area contributed by atoms with Crippen LogP contribution in [0.4, 0.5) is 0 Å². The molecule has 0 saturated heterocycles. The van der Waals surface area contributed by atoms with Crippen molar-refractivity contribution in [1.29, 1.82) is 0 Å². The van der Waals surface area contributed by atoms with Gasteiger partial charge in [-0.25, -0.2) is 0 Å². The molecular formula is C14H20N2O2. The van der Waals surface area contributed by atoms with Gasteiger partial charge in [0.25, 0.3) is 0 Å². The maximum Gasteiger partial charge on any atom is 0.237 e. The Kier molecular flexibility index (Phi) is 4.33. The Morgan fingerprint density at radius 3 is 2.72 bits per heavy atom. The van der Waals surface area contributed by atoms with Crippen LogP contribution >= 0.6 is 0 Å². The lowest BCUT2D eigenvalue weighted by Gasteiger charge is -2.35. The first kappa shape index (κ1) is 13.1. The van der Waals surface area contributed by atoms with Crippen molar-refractivity contribution in [2.75, 3.05) is 7.11 Å². The molecule has 0 aliphatic heterocycles. The van der Waals surface area contributed by atoms with E-state index in [1.807, 2.05) is 30.3 Å². The number of hydrogen-bond acceptors (Lipinski definition) is 3. The van der Waals surface area contributed by atoms with Crippen molar-refractivity contribution in [2.45, 2.75) is 37.5 Å². The van der Waals surface area contributed by atoms with Gasteiger partial charge in [0.05, 0.1) is 12.1 Å². The highest BCUT2D eigenvalue weighted by Crippen LogP contribution is 2.22. The highest BCUT2D eigenvalue weighted by molar-refractivity contribution is 5.82. The van der Waals surface area contributed by atoms with E-state index in [0.29, 0.717) is 12.5 Å². The van der Waals surface area contributed by atoms with Gasteiger partial charge in [0.2, 0.25) is 5.91 Å². The van der Waals surface area contributed by atoms with Crippen LogP contribution in [0.25, 0.3) is 0 Å². The van der Waals surface area contributed by atoms with Crippen LogP contribution in [0.15, 0.2) is 30.3 Å². The zero-order valence-electron chi connectivity index (χ0n) is 10.6. The van der Waals surface area contributed by atoms with Crippen molar-refractivity contribution in [3.8, 4) is 0 Å². The average molecular weight is 248 g/mol. The van der Waals surface area contributed by atoms with Crippen molar-refractivity contribution in [2.24, 2.45) is 5.73 Å². The molecule has 1 aliphatic carbocycles. The molecule has 0 radical (unpaired) electrons. The van der Waals surface area contributed by atoms with E-state index in [0.717, 1.165) is 18.4 Å². The Labute approximate surface area is 108 Å². The summed E-state index contributed by atoms with van der Waals surface area (Å²) in [7, 11) is 1.70. The number of carbonyl (C=O) groups is 1. The smallest absolute Gasteiger partial charge is 0.237 e. The molecule has 1 aliphatic rings. The third-order valence-electron chi connectivity index (χ3n) is 3.41. The number of benzene rings is 1. The van der Waals surface area contributed by atoms with E-state index in [9.17, 15) is 4.79 Å². The Balaban J connectivity index is 1.76. The number of ether oxygens (including phenoxy) is 1. The van der Waals surface area contributed by atoms with Crippen LogP contribution in [0.3, 0.4) is 0 Å². The molecule has 2 rings (SSSR count). The fourth-order valence-electron chi connectivity index (χ4n) is 2.14. The maximum atomic E-state index is 11.9. The Morgan fingerprint density at radius 2 is 2.11 bits per heavy atom. The van der Waals surface area contributed by atoms with Gasteiger partial charge in [-0.15, -0.1) is 0 Å². The lowest BCUT2D eigenvalue weighted by Crippen LogP contribution is -2.52. The molecule has 1 saturated carbocycles. The van der Waals surface area contributed by atoms with Crippen LogP contribution in [-0.4, -0.2) is 31.2 Å². The molecule has 3 N–H and O–H groups in total. The molecule has 0 spiro atoms. The first-order chi connectivity index (χ1) is 8.69. The Bertz CT molecular complexity index is 388. The van der Waals surface area contributed by atoms with E-state index in [-0.39, 0.29) is 11.9 Å². The minimum absolute atomic E-state index is 0.0709. The number of nitrogens with two attached hydrogens (primary N) is 1. The number of carbonyl (C=O) groups excluding carboxylic acids is 1. The second-order valence-electron chi connectivity index (χ2n) is 4.83. The van der Waals surface area contributed by atoms with Gasteiger partial charge in [-0.05, 0) is 24.8 Å². The molecule has 4 heteroatoms. The minimum atomic E-state index is -0.478. The first-order valence-corrected chi connectivity index (χ1v) is 6.31. The monoisotopic (exact) mass is 248 g/mol. The van der Waals surface area contributed by atoms with E-state index in [4.69, 9.17) is 10.5 Å². The third kappa shape index (κ3) is 3.31. The number of amides is 1. The highest BCUT2D eigenvalue weighted by Gasteiger charge is 2.31. The maximum absolute atomic E-state index is 11.9. The summed E-state index contributed by atoms with van der Waals surface area (Å²) in [5.74, 6) is -0.0709. The lowest BCUT2D eigenvalue weighted by atomic mass is 9.89. The normalized spacial score (nSPS) is 24.1. The van der Waals surface area contributed by atoms with Gasteiger partial charge < -0.3 is 15.8 Å². The number of rotatable bonds is 5. The van der Waals surface area contributed by atoms with Gasteiger partial charge >= 0.3 is 0 Å². The lowest BCUT2D eigenvalue weighted by molar-refractivity contribution is -0.124. The van der Waals surface area contributed by atoms with Crippen LogP contribution in [0.5, 0.6) is 0 Å². The van der Waals surface area contributed by atoms with Gasteiger partial charge in [0.1, 0.15) is 0 Å². The summed E-state index contributed by atoms with van der Waals surface area (Å²) in [6.45, 7) is 0. The summed E-state index contributed by atoms with van der Waals surface area (Å²) in [4.78, 5) is 11.9. The SMILES string of the molecule is COC1CC(NC(=O)[C@H](N)Cc2ccccc2)C1. The summed E-state index contributed by atoms with van der Waals surface area (Å²) in [5.41, 5.74) is 6.99. The van der Waals surface area contributed by atoms with Crippen LogP contribution in [-0.2, 0) is 16.0 Å². The molecule has 1 fully saturated rings. The summed E-state index contributed by atoms with van der Waals surface area (Å²) in [6, 6.07) is 9.58. The summed E-state index contributed by atoms with van der Waals surface area (Å²) < 4.78 is 5.17. The van der Waals surface area contributed by atoms with E-state index < -0.39 is 6.04 Å². The zero-order valence-corrected chi connectivity index (χ0v) is 10.6. The van der Waals surface area contributed by atoms with Crippen LogP contribution in [0.2, 0.25) is 0 Å². The Hall–Kier alpha value is -1.39. The van der Waals surface area contributed by atoms with E-state index in [1.165, 1.54) is 0 Å². The molecule has 0 aromatic heterocycles. The fraction of sp³-hybridized carbons (Fsp3) is 0.500. The second-order valence-corrected chi connectivity index (χ2v) is 4.83. The van der Waals surface area contributed by atoms with Crippen molar-refractivity contribution in [1.82, 2.24) is 5.32 Å². The van der Waals surface area contributed by atoms with Crippen LogP contribution < -0.4 is 11.1 Å². The van der Waals surface area contributed by atoms with Gasteiger partial charge in [-0.1, -0.05) is 30.3 Å². The van der Waals surface area contributed by atoms with Gasteiger partial charge in [0, 0.05) is 13.2 Å². The highest BCUT2D eigenvalue weighted by atomic mass is 16.5. The number of nitrogens with one attached hydrogen (secondary N) is 1. The van der Waals surface area contributed by atoms with E-state index in [1.54, 1.807) is 7.11 Å². The van der Waals surface area contributed by atoms with Crippen LogP contribution in [0.1, 0.15) is 18.4 Å². The molecule has 1 aromatic rings. The van der Waals surface area contributed by atoms with E-state index >= 15 is 0 Å². The number of methoxy groups -OCH3 is 1. The standard InChI is InChI=1S/C14H20N2O2/c1-18-12-8-11(9-12)16-14(17)13(15)7-10-5-3-2-4-6-10/h2-6,11-13H,7-9,15H2,1H3,(H,16,17)/t11?,12?,13-/m1/s1. The quantitative estimate of drug-likeness (QED) is 0.812. The predicted octanol–water partition coefficient (Wildman–Crippen LogP) is 0.850. The van der Waals surface area contributed by atoms with Crippen molar-refractivity contribution < 1.29 is 9.53 Å². The van der Waals surface area contributed by atoms with Gasteiger partial charge in [0.15, 0.2) is 0 Å². The number of hydrogen-bond donors (Lipinski definition) is 2. The summed E-state index contributed by atoms with van der Waals surface area (Å²) >= 11 is 0. The molecular weight excluding hydrogens is 228 g/mol. The molecule has 1 amide bonds. The molecule has 0 unspecified atom stereocenters. The predicted molar refractivity (Wildman–Crippen MR) is 70.1 cm³/mol. The zero-order chi connectivity index (χ0) is 13.0. The molecule has 1 atom stereocenters. The minimum Gasteiger partial charge on any atom is -0.381 e. The van der Waals surface area contributed by atoms with Crippen LogP contribution in [0, 0.1) is 0 Å².